The minimum absolute atomic E-state index is 0.203. The molecule has 1 aromatic heterocycles. The molecule has 0 saturated heterocycles. The summed E-state index contributed by atoms with van der Waals surface area (Å²) in [5, 5.41) is 6.12. The van der Waals surface area contributed by atoms with Gasteiger partial charge < -0.3 is 5.32 Å². The average molecular weight is 386 g/mol. The Kier molecular flexibility index (Phi) is 6.74. The van der Waals surface area contributed by atoms with E-state index in [2.05, 4.69) is 39.7 Å². The maximum absolute atomic E-state index is 12.8. The van der Waals surface area contributed by atoms with Crippen LogP contribution in [-0.4, -0.2) is 16.9 Å². The van der Waals surface area contributed by atoms with Gasteiger partial charge in [0.2, 0.25) is 5.96 Å². The third-order valence-electron chi connectivity index (χ3n) is 4.75. The summed E-state index contributed by atoms with van der Waals surface area (Å²) in [7, 11) is 0. The van der Waals surface area contributed by atoms with Crippen molar-refractivity contribution in [3.8, 4) is 0 Å². The number of benzene rings is 2. The van der Waals surface area contributed by atoms with Gasteiger partial charge in [0.15, 0.2) is 0 Å². The van der Waals surface area contributed by atoms with Crippen LogP contribution in [0.4, 0.5) is 5.69 Å². The summed E-state index contributed by atoms with van der Waals surface area (Å²) >= 11 is 0. The van der Waals surface area contributed by atoms with Crippen LogP contribution in [0.1, 0.15) is 39.7 Å². The van der Waals surface area contributed by atoms with Crippen molar-refractivity contribution in [1.29, 1.82) is 0 Å². The van der Waals surface area contributed by atoms with Gasteiger partial charge in [0.25, 0.3) is 5.91 Å². The molecule has 5 nitrogen and oxygen atoms in total. The second-order valence-corrected chi connectivity index (χ2v) is 6.91. The molecule has 2 N–H and O–H groups in total. The quantitative estimate of drug-likeness (QED) is 0.495. The Hall–Kier alpha value is -3.47. The molecule has 0 aliphatic heterocycles. The topological polar surface area (TPSA) is 66.4 Å². The molecule has 0 unspecified atom stereocenters. The number of hydrogen-bond donors (Lipinski definition) is 2. The number of nitrogens with zero attached hydrogens (tertiary/aromatic N) is 2. The highest BCUT2D eigenvalue weighted by atomic mass is 16.1. The molecule has 0 fully saturated rings. The molecule has 148 valence electrons. The van der Waals surface area contributed by atoms with Crippen molar-refractivity contribution in [3.63, 3.8) is 0 Å². The molecule has 0 spiro atoms. The van der Waals surface area contributed by atoms with E-state index in [0.717, 1.165) is 28.9 Å². The molecule has 1 heterocycles. The van der Waals surface area contributed by atoms with Gasteiger partial charge >= 0.3 is 0 Å². The summed E-state index contributed by atoms with van der Waals surface area (Å²) in [6.07, 6.45) is 2.71. The first kappa shape index (κ1) is 20.3. The minimum atomic E-state index is -0.203. The molecule has 0 aliphatic rings. The van der Waals surface area contributed by atoms with E-state index in [-0.39, 0.29) is 5.91 Å². The van der Waals surface area contributed by atoms with Crippen molar-refractivity contribution in [3.05, 3.63) is 94.8 Å². The summed E-state index contributed by atoms with van der Waals surface area (Å²) in [5.41, 5.74) is 5.77. The van der Waals surface area contributed by atoms with Crippen molar-refractivity contribution in [2.45, 2.75) is 33.7 Å². The lowest BCUT2D eigenvalue weighted by atomic mass is 10.1. The molecule has 0 saturated carbocycles. The number of carbonyl (C=O) groups excluding carboxylic acids is 1. The summed E-state index contributed by atoms with van der Waals surface area (Å²) in [4.78, 5) is 21.6. The van der Waals surface area contributed by atoms with E-state index >= 15 is 0 Å². The second-order valence-electron chi connectivity index (χ2n) is 6.91. The van der Waals surface area contributed by atoms with Crippen molar-refractivity contribution in [1.82, 2.24) is 10.3 Å². The SMILES string of the molecule is CCc1ccc(NC(=NCc2ccccn2)NC(=O)c2ccc(C)c(C)c2)cc1. The van der Waals surface area contributed by atoms with Gasteiger partial charge in [-0.15, -0.1) is 0 Å². The number of aliphatic imine (C=N–C) groups is 1. The molecular formula is C24H26N4O. The van der Waals surface area contributed by atoms with Gasteiger partial charge in [-0.3, -0.25) is 15.1 Å². The first-order chi connectivity index (χ1) is 14.0. The van der Waals surface area contributed by atoms with Crippen LogP contribution in [0.25, 0.3) is 0 Å². The normalized spacial score (nSPS) is 11.2. The van der Waals surface area contributed by atoms with E-state index in [1.54, 1.807) is 6.20 Å². The molecule has 2 aromatic carbocycles. The number of hydrogen-bond acceptors (Lipinski definition) is 3. The highest BCUT2D eigenvalue weighted by Crippen LogP contribution is 2.12. The summed E-state index contributed by atoms with van der Waals surface area (Å²) in [5.74, 6) is 0.189. The molecule has 3 aromatic rings. The van der Waals surface area contributed by atoms with Crippen LogP contribution in [0, 0.1) is 13.8 Å². The number of anilines is 1. The average Bonchev–Trinajstić information content (AvgIpc) is 2.75. The molecule has 0 aliphatic carbocycles. The minimum Gasteiger partial charge on any atom is -0.326 e. The maximum Gasteiger partial charge on any atom is 0.257 e. The first-order valence-corrected chi connectivity index (χ1v) is 9.74. The van der Waals surface area contributed by atoms with Gasteiger partial charge in [-0.25, -0.2) is 4.99 Å². The highest BCUT2D eigenvalue weighted by molar-refractivity contribution is 6.10. The predicted molar refractivity (Wildman–Crippen MR) is 118 cm³/mol. The Balaban J connectivity index is 1.80. The monoisotopic (exact) mass is 386 g/mol. The molecular weight excluding hydrogens is 360 g/mol. The molecule has 0 radical (unpaired) electrons. The van der Waals surface area contributed by atoms with E-state index in [4.69, 9.17) is 0 Å². The molecule has 0 atom stereocenters. The lowest BCUT2D eigenvalue weighted by Crippen LogP contribution is -2.36. The molecule has 1 amide bonds. The van der Waals surface area contributed by atoms with Crippen LogP contribution in [-0.2, 0) is 13.0 Å². The van der Waals surface area contributed by atoms with Crippen molar-refractivity contribution < 1.29 is 4.79 Å². The zero-order valence-electron chi connectivity index (χ0n) is 17.1. The van der Waals surface area contributed by atoms with Gasteiger partial charge in [0, 0.05) is 17.4 Å². The van der Waals surface area contributed by atoms with E-state index < -0.39 is 0 Å². The Morgan fingerprint density at radius 1 is 1.00 bits per heavy atom. The smallest absolute Gasteiger partial charge is 0.257 e. The Labute approximate surface area is 171 Å². The Bertz CT molecular complexity index is 995. The number of guanidine groups is 1. The van der Waals surface area contributed by atoms with Crippen molar-refractivity contribution >= 4 is 17.6 Å². The Morgan fingerprint density at radius 3 is 2.45 bits per heavy atom. The molecule has 5 heteroatoms. The van der Waals surface area contributed by atoms with Crippen LogP contribution in [0.5, 0.6) is 0 Å². The summed E-state index contributed by atoms with van der Waals surface area (Å²) in [6.45, 7) is 6.50. The number of aromatic nitrogens is 1. The summed E-state index contributed by atoms with van der Waals surface area (Å²) in [6, 6.07) is 19.4. The number of rotatable bonds is 5. The third kappa shape index (κ3) is 5.75. The number of nitrogens with one attached hydrogen (secondary N) is 2. The van der Waals surface area contributed by atoms with Crippen LogP contribution >= 0.6 is 0 Å². The molecule has 29 heavy (non-hydrogen) atoms. The van der Waals surface area contributed by atoms with Gasteiger partial charge in [0.05, 0.1) is 12.2 Å². The number of aryl methyl sites for hydroxylation is 3. The zero-order valence-corrected chi connectivity index (χ0v) is 17.1. The largest absolute Gasteiger partial charge is 0.326 e. The second kappa shape index (κ2) is 9.64. The number of carbonyl (C=O) groups is 1. The van der Waals surface area contributed by atoms with E-state index in [1.165, 1.54) is 5.56 Å². The van der Waals surface area contributed by atoms with Gasteiger partial charge in [-0.1, -0.05) is 31.2 Å². The van der Waals surface area contributed by atoms with E-state index in [1.807, 2.05) is 62.4 Å². The standard InChI is InChI=1S/C24H26N4O/c1-4-19-9-12-21(13-10-19)27-24(26-16-22-7-5-6-14-25-22)28-23(29)20-11-8-17(2)18(3)15-20/h5-15H,4,16H2,1-3H3,(H2,26,27,28,29). The summed E-state index contributed by atoms with van der Waals surface area (Å²) < 4.78 is 0. The van der Waals surface area contributed by atoms with Gasteiger partial charge in [-0.05, 0) is 73.4 Å². The zero-order chi connectivity index (χ0) is 20.6. The van der Waals surface area contributed by atoms with Gasteiger partial charge in [-0.2, -0.15) is 0 Å². The lowest BCUT2D eigenvalue weighted by molar-refractivity contribution is 0.0977. The number of amides is 1. The van der Waals surface area contributed by atoms with Crippen LogP contribution < -0.4 is 10.6 Å². The molecule has 0 bridgehead atoms. The Morgan fingerprint density at radius 2 is 1.79 bits per heavy atom. The highest BCUT2D eigenvalue weighted by Gasteiger charge is 2.10. The fourth-order valence-corrected chi connectivity index (χ4v) is 2.78. The molecule has 3 rings (SSSR count). The fraction of sp³-hybridized carbons (Fsp3) is 0.208. The van der Waals surface area contributed by atoms with E-state index in [0.29, 0.717) is 18.1 Å². The van der Waals surface area contributed by atoms with E-state index in [9.17, 15) is 4.79 Å². The van der Waals surface area contributed by atoms with Gasteiger partial charge in [0.1, 0.15) is 0 Å². The lowest BCUT2D eigenvalue weighted by Gasteiger charge is -2.13. The van der Waals surface area contributed by atoms with Crippen LogP contribution in [0.15, 0.2) is 71.9 Å². The van der Waals surface area contributed by atoms with Crippen LogP contribution in [0.3, 0.4) is 0 Å². The first-order valence-electron chi connectivity index (χ1n) is 9.74. The van der Waals surface area contributed by atoms with Crippen molar-refractivity contribution in [2.24, 2.45) is 4.99 Å². The third-order valence-corrected chi connectivity index (χ3v) is 4.75. The van der Waals surface area contributed by atoms with Crippen molar-refractivity contribution in [2.75, 3.05) is 5.32 Å². The maximum atomic E-state index is 12.8. The van der Waals surface area contributed by atoms with Crippen LogP contribution in [0.2, 0.25) is 0 Å². The number of pyridine rings is 1. The fourth-order valence-electron chi connectivity index (χ4n) is 2.78. The predicted octanol–water partition coefficient (Wildman–Crippen LogP) is 4.66.